The second kappa shape index (κ2) is 6.76. The van der Waals surface area contributed by atoms with Gasteiger partial charge in [-0.3, -0.25) is 4.99 Å². The highest BCUT2D eigenvalue weighted by Gasteiger charge is 2.24. The molecule has 1 aromatic carbocycles. The van der Waals surface area contributed by atoms with Crippen molar-refractivity contribution in [1.29, 1.82) is 0 Å². The molecule has 1 aliphatic carbocycles. The van der Waals surface area contributed by atoms with Crippen molar-refractivity contribution in [1.82, 2.24) is 14.5 Å². The van der Waals surface area contributed by atoms with Crippen LogP contribution in [0.3, 0.4) is 0 Å². The Hall–Kier alpha value is -2.34. The molecule has 1 aliphatic heterocycles. The van der Waals surface area contributed by atoms with E-state index < -0.39 is 0 Å². The third-order valence-electron chi connectivity index (χ3n) is 5.02. The summed E-state index contributed by atoms with van der Waals surface area (Å²) in [7, 11) is 4.05. The van der Waals surface area contributed by atoms with Crippen molar-refractivity contribution in [3.63, 3.8) is 0 Å². The van der Waals surface area contributed by atoms with Crippen LogP contribution in [0.25, 0.3) is 11.0 Å². The lowest BCUT2D eigenvalue weighted by Gasteiger charge is -2.33. The fourth-order valence-corrected chi connectivity index (χ4v) is 3.58. The number of likely N-dealkylation sites (N-methyl/N-ethyl adjacent to an activating group) is 1. The van der Waals surface area contributed by atoms with Crippen molar-refractivity contribution < 1.29 is 1.43 Å². The van der Waals surface area contributed by atoms with E-state index in [-0.39, 0.29) is 1.43 Å². The minimum atomic E-state index is 0. The number of piperazine rings is 1. The predicted octanol–water partition coefficient (Wildman–Crippen LogP) is 2.50. The number of aromatic nitrogens is 2. The number of rotatable bonds is 4. The van der Waals surface area contributed by atoms with Crippen LogP contribution in [-0.2, 0) is 0 Å². The van der Waals surface area contributed by atoms with Gasteiger partial charge in [-0.15, -0.1) is 0 Å². The fourth-order valence-electron chi connectivity index (χ4n) is 3.58. The van der Waals surface area contributed by atoms with Gasteiger partial charge in [-0.25, -0.2) is 4.98 Å². The molecule has 2 aromatic rings. The molecule has 0 unspecified atom stereocenters. The highest BCUT2D eigenvalue weighted by atomic mass is 15.3. The monoisotopic (exact) mass is 354 g/mol. The van der Waals surface area contributed by atoms with Gasteiger partial charge in [0, 0.05) is 46.4 Å². The van der Waals surface area contributed by atoms with Crippen LogP contribution < -0.4 is 15.7 Å². The molecule has 6 nitrogen and oxygen atoms in total. The molecule has 0 saturated carbocycles. The van der Waals surface area contributed by atoms with Gasteiger partial charge >= 0.3 is 0 Å². The molecule has 1 fully saturated rings. The van der Waals surface area contributed by atoms with Crippen molar-refractivity contribution in [2.45, 2.75) is 25.9 Å². The highest BCUT2D eigenvalue weighted by molar-refractivity contribution is 5.81. The van der Waals surface area contributed by atoms with E-state index in [1.165, 1.54) is 0 Å². The second-order valence-electron chi connectivity index (χ2n) is 7.52. The number of nitrogens with zero attached hydrogens (tertiary/aromatic N) is 5. The Morgan fingerprint density at radius 2 is 1.92 bits per heavy atom. The average Bonchev–Trinajstić information content (AvgIpc) is 3.45. The Balaban J connectivity index is 0.00000210. The molecule has 2 heterocycles. The number of fused-ring (bicyclic) bond motifs is 1. The van der Waals surface area contributed by atoms with E-state index in [0.717, 1.165) is 54.2 Å². The zero-order valence-corrected chi connectivity index (χ0v) is 16.1. The first kappa shape index (κ1) is 17.1. The van der Waals surface area contributed by atoms with E-state index in [9.17, 15) is 0 Å². The maximum absolute atomic E-state index is 5.02. The average molecular weight is 355 g/mol. The molecule has 2 aliphatic rings. The van der Waals surface area contributed by atoms with Crippen LogP contribution in [0.1, 0.15) is 21.3 Å². The Morgan fingerprint density at radius 3 is 2.54 bits per heavy atom. The molecule has 0 radical (unpaired) electrons. The van der Waals surface area contributed by atoms with Crippen molar-refractivity contribution in [2.24, 2.45) is 4.99 Å². The van der Waals surface area contributed by atoms with E-state index in [1.807, 2.05) is 7.05 Å². The number of nitrogens with one attached hydrogen (secondary N) is 1. The van der Waals surface area contributed by atoms with E-state index in [1.54, 1.807) is 0 Å². The summed E-state index contributed by atoms with van der Waals surface area (Å²) in [5, 5.41) is 3.50. The van der Waals surface area contributed by atoms with Crippen LogP contribution >= 0.6 is 0 Å². The highest BCUT2D eigenvalue weighted by Crippen LogP contribution is 2.28. The van der Waals surface area contributed by atoms with E-state index in [4.69, 9.17) is 4.98 Å². The van der Waals surface area contributed by atoms with Crippen LogP contribution in [0.15, 0.2) is 35.3 Å². The Bertz CT molecular complexity index is 903. The SMILES string of the molecule is CN=c1c(N2CCN(C)CC2)nc2ccc(NC(C)C)cc2n1C1C=C1.[HH]. The van der Waals surface area contributed by atoms with E-state index in [0.29, 0.717) is 12.1 Å². The van der Waals surface area contributed by atoms with Crippen LogP contribution in [0.4, 0.5) is 11.5 Å². The van der Waals surface area contributed by atoms with E-state index >= 15 is 0 Å². The topological polar surface area (TPSA) is 48.7 Å². The minimum absolute atomic E-state index is 0. The summed E-state index contributed by atoms with van der Waals surface area (Å²) in [6.07, 6.45) is 4.43. The zero-order valence-electron chi connectivity index (χ0n) is 16.1. The van der Waals surface area contributed by atoms with E-state index in [2.05, 4.69) is 75.9 Å². The molecule has 0 amide bonds. The standard InChI is InChI=1S/C20H28N6.H2/c1-14(2)22-15-5-8-17-18(13-15)26(16-6-7-16)19(21-3)20(23-17)25-11-9-24(4)10-12-25;/h5-8,13-14,16,22H,9-12H2,1-4H3;1H. The lowest BCUT2D eigenvalue weighted by molar-refractivity contribution is 0.311. The summed E-state index contributed by atoms with van der Waals surface area (Å²) in [5.74, 6) is 1.01. The van der Waals surface area contributed by atoms with Gasteiger partial charge in [0.1, 0.15) is 0 Å². The summed E-state index contributed by atoms with van der Waals surface area (Å²) >= 11 is 0. The minimum Gasteiger partial charge on any atom is -0.383 e. The molecular formula is C20H30N6. The fraction of sp³-hybridized carbons (Fsp3) is 0.500. The maximum atomic E-state index is 5.02. The van der Waals surface area contributed by atoms with Gasteiger partial charge < -0.3 is 19.7 Å². The number of hydrogen-bond donors (Lipinski definition) is 1. The zero-order chi connectivity index (χ0) is 18.3. The molecule has 4 rings (SSSR count). The van der Waals surface area contributed by atoms with Crippen LogP contribution in [0.2, 0.25) is 0 Å². The Kier molecular flexibility index (Phi) is 4.44. The second-order valence-corrected chi connectivity index (χ2v) is 7.52. The molecule has 0 bridgehead atoms. The molecule has 1 aromatic heterocycles. The van der Waals surface area contributed by atoms with Gasteiger partial charge in [0.05, 0.1) is 17.1 Å². The van der Waals surface area contributed by atoms with Crippen LogP contribution in [0.5, 0.6) is 0 Å². The predicted molar refractivity (Wildman–Crippen MR) is 110 cm³/mol. The number of hydrogen-bond acceptors (Lipinski definition) is 5. The third kappa shape index (κ3) is 3.21. The number of benzene rings is 1. The molecule has 0 atom stereocenters. The van der Waals surface area contributed by atoms with Crippen molar-refractivity contribution in [3.8, 4) is 0 Å². The number of anilines is 2. The van der Waals surface area contributed by atoms with Crippen molar-refractivity contribution in [3.05, 3.63) is 35.8 Å². The normalized spacial score (nSPS) is 19.0. The van der Waals surface area contributed by atoms with Gasteiger partial charge in [0.2, 0.25) is 0 Å². The van der Waals surface area contributed by atoms with Gasteiger partial charge in [-0.1, -0.05) is 12.2 Å². The summed E-state index contributed by atoms with van der Waals surface area (Å²) in [5.41, 5.74) is 4.25. The largest absolute Gasteiger partial charge is 0.383 e. The Labute approximate surface area is 156 Å². The first-order chi connectivity index (χ1) is 12.6. The summed E-state index contributed by atoms with van der Waals surface area (Å²) in [4.78, 5) is 14.4. The first-order valence-corrected chi connectivity index (χ1v) is 9.44. The maximum Gasteiger partial charge on any atom is 0.172 e. The molecule has 0 spiro atoms. The van der Waals surface area contributed by atoms with Gasteiger partial charge in [-0.05, 0) is 39.1 Å². The molecule has 1 saturated heterocycles. The third-order valence-corrected chi connectivity index (χ3v) is 5.02. The van der Waals surface area contributed by atoms with Gasteiger partial charge in [-0.2, -0.15) is 0 Å². The lowest BCUT2D eigenvalue weighted by atomic mass is 10.2. The smallest absolute Gasteiger partial charge is 0.172 e. The molecular weight excluding hydrogens is 324 g/mol. The lowest BCUT2D eigenvalue weighted by Crippen LogP contribution is -2.47. The Morgan fingerprint density at radius 1 is 1.19 bits per heavy atom. The van der Waals surface area contributed by atoms with Crippen LogP contribution in [-0.4, -0.2) is 60.8 Å². The van der Waals surface area contributed by atoms with Crippen molar-refractivity contribution in [2.75, 3.05) is 50.5 Å². The molecule has 1 N–H and O–H groups in total. The van der Waals surface area contributed by atoms with Crippen LogP contribution in [0, 0.1) is 0 Å². The summed E-state index contributed by atoms with van der Waals surface area (Å²) < 4.78 is 2.32. The van der Waals surface area contributed by atoms with Gasteiger partial charge in [0.15, 0.2) is 11.3 Å². The molecule has 26 heavy (non-hydrogen) atoms. The summed E-state index contributed by atoms with van der Waals surface area (Å²) in [6.45, 7) is 8.40. The first-order valence-electron chi connectivity index (χ1n) is 9.44. The summed E-state index contributed by atoms with van der Waals surface area (Å²) in [6, 6.07) is 7.15. The molecule has 140 valence electrons. The quantitative estimate of drug-likeness (QED) is 0.857. The molecule has 6 heteroatoms. The van der Waals surface area contributed by atoms with Crippen molar-refractivity contribution >= 4 is 22.5 Å². The van der Waals surface area contributed by atoms with Gasteiger partial charge in [0.25, 0.3) is 0 Å². The number of allylic oxidation sites excluding steroid dienone is 2.